The number of aromatic amines is 1. The minimum Gasteiger partial charge on any atom is -0.472 e. The molecule has 2 fully saturated rings. The van der Waals surface area contributed by atoms with E-state index in [9.17, 15) is 9.59 Å². The van der Waals surface area contributed by atoms with E-state index in [1.54, 1.807) is 19.6 Å². The Hall–Kier alpha value is -3.21. The summed E-state index contributed by atoms with van der Waals surface area (Å²) in [5, 5.41) is 2.97. The zero-order chi connectivity index (χ0) is 29.6. The van der Waals surface area contributed by atoms with Crippen LogP contribution < -0.4 is 20.3 Å². The fourth-order valence-corrected chi connectivity index (χ4v) is 7.31. The maximum Gasteiger partial charge on any atom is 0.254 e. The van der Waals surface area contributed by atoms with Gasteiger partial charge in [0.25, 0.3) is 17.3 Å². The molecule has 1 saturated heterocycles. The number of fused-ring (bicyclic) bond motifs is 1. The Morgan fingerprint density at radius 1 is 1.17 bits per heavy atom. The highest BCUT2D eigenvalue weighted by atomic mass is 32.2. The molecule has 2 aliphatic heterocycles. The number of likely N-dealkylation sites (tertiary alicyclic amines) is 1. The van der Waals surface area contributed by atoms with E-state index in [1.165, 1.54) is 11.8 Å². The summed E-state index contributed by atoms with van der Waals surface area (Å²) in [5.74, 6) is 0.326. The lowest BCUT2D eigenvalue weighted by molar-refractivity contribution is -0.130. The van der Waals surface area contributed by atoms with Crippen molar-refractivity contribution in [2.45, 2.75) is 75.8 Å². The molecule has 1 unspecified atom stereocenters. The second-order valence-corrected chi connectivity index (χ2v) is 12.7. The summed E-state index contributed by atoms with van der Waals surface area (Å²) >= 11 is 1.49. The highest BCUT2D eigenvalue weighted by Gasteiger charge is 2.48. The highest BCUT2D eigenvalue weighted by molar-refractivity contribution is 7.98. The second kappa shape index (κ2) is 11.5. The summed E-state index contributed by atoms with van der Waals surface area (Å²) < 4.78 is 24.2. The van der Waals surface area contributed by atoms with Crippen molar-refractivity contribution in [1.29, 1.82) is 0 Å². The Kier molecular flexibility index (Phi) is 7.89. The van der Waals surface area contributed by atoms with Gasteiger partial charge in [-0.3, -0.25) is 14.5 Å². The number of aryl methyl sites for hydroxylation is 1. The molecular weight excluding hydrogens is 554 g/mol. The van der Waals surface area contributed by atoms with Crippen LogP contribution in [0.2, 0.25) is 0 Å². The number of methoxy groups -OCH3 is 1. The van der Waals surface area contributed by atoms with Crippen LogP contribution in [0.1, 0.15) is 59.8 Å². The first-order valence-corrected chi connectivity index (χ1v) is 15.8. The number of aromatic nitrogens is 1. The molecule has 0 spiro atoms. The van der Waals surface area contributed by atoms with Gasteiger partial charge in [-0.1, -0.05) is 0 Å². The number of thioether (sulfide) groups is 1. The minimum absolute atomic E-state index is 0.114. The van der Waals surface area contributed by atoms with Crippen LogP contribution in [0.5, 0.6) is 11.5 Å². The molecule has 10 heteroatoms. The number of carbonyl (C=O) groups is 1. The molecule has 6 rings (SSSR count). The number of pyridine rings is 1. The highest BCUT2D eigenvalue weighted by Crippen LogP contribution is 2.53. The molecule has 3 aliphatic rings. The van der Waals surface area contributed by atoms with Crippen LogP contribution in [0.3, 0.4) is 0 Å². The molecule has 224 valence electrons. The Morgan fingerprint density at radius 3 is 2.57 bits per heavy atom. The molecule has 1 aliphatic carbocycles. The molecule has 0 bridgehead atoms. The number of hydrogen-bond donors (Lipinski definition) is 2. The molecule has 1 amide bonds. The average molecular weight is 594 g/mol. The molecular formula is C32H39N3O6S. The van der Waals surface area contributed by atoms with Gasteiger partial charge in [-0.05, 0) is 64.0 Å². The fourth-order valence-electron chi connectivity index (χ4n) is 6.60. The van der Waals surface area contributed by atoms with Crippen LogP contribution in [0, 0.1) is 19.8 Å². The van der Waals surface area contributed by atoms with Gasteiger partial charge in [0.1, 0.15) is 0 Å². The van der Waals surface area contributed by atoms with Crippen molar-refractivity contribution in [3.05, 3.63) is 63.5 Å². The molecule has 9 nitrogen and oxygen atoms in total. The smallest absolute Gasteiger partial charge is 0.254 e. The minimum atomic E-state index is -0.835. The number of H-pyrrole nitrogens is 1. The Bertz CT molecular complexity index is 1520. The monoisotopic (exact) mass is 593 g/mol. The SMILES string of the molecule is COC1CN(C2CCC(C3(C)Oc4c(-c5ccoc5)cc(C(=O)NCc5c(SC)cc(C)[nH]c5=O)c(C)c4O3)CC2)C1. The van der Waals surface area contributed by atoms with Gasteiger partial charge in [0, 0.05) is 84.0 Å². The summed E-state index contributed by atoms with van der Waals surface area (Å²) in [6, 6.07) is 6.19. The van der Waals surface area contributed by atoms with E-state index in [-0.39, 0.29) is 23.9 Å². The van der Waals surface area contributed by atoms with Gasteiger partial charge in [0.05, 0.1) is 18.6 Å². The lowest BCUT2D eigenvalue weighted by Crippen LogP contribution is -2.57. The number of carbonyl (C=O) groups excluding carboxylic acids is 1. The van der Waals surface area contributed by atoms with Crippen LogP contribution in [0.15, 0.2) is 44.8 Å². The van der Waals surface area contributed by atoms with Gasteiger partial charge in [0.15, 0.2) is 11.5 Å². The summed E-state index contributed by atoms with van der Waals surface area (Å²) in [4.78, 5) is 32.5. The maximum absolute atomic E-state index is 13.6. The number of hydrogen-bond acceptors (Lipinski definition) is 8. The first kappa shape index (κ1) is 28.9. The summed E-state index contributed by atoms with van der Waals surface area (Å²) in [6.07, 6.45) is 9.72. The summed E-state index contributed by atoms with van der Waals surface area (Å²) in [5.41, 5.74) is 3.86. The topological polar surface area (TPSA) is 106 Å². The van der Waals surface area contributed by atoms with Gasteiger partial charge in [-0.15, -0.1) is 11.8 Å². The Labute approximate surface area is 250 Å². The van der Waals surface area contributed by atoms with E-state index < -0.39 is 5.79 Å². The number of rotatable bonds is 8. The van der Waals surface area contributed by atoms with Gasteiger partial charge < -0.3 is 28.9 Å². The second-order valence-electron chi connectivity index (χ2n) is 11.8. The van der Waals surface area contributed by atoms with Crippen molar-refractivity contribution in [2.75, 3.05) is 26.5 Å². The van der Waals surface area contributed by atoms with Gasteiger partial charge in [-0.2, -0.15) is 0 Å². The molecule has 1 aromatic carbocycles. The molecule has 1 atom stereocenters. The standard InChI is InChI=1S/C32H39N3O6S/c1-18-12-27(42-5)26(31(37)34-18)14-33-30(36)24-13-25(20-10-11-39-17-20)29-28(19(24)2)40-32(3,41-29)21-6-8-22(9-7-21)35-15-23(16-35)38-4/h10-13,17,21-23H,6-9,14-16H2,1-5H3,(H,33,36)(H,34,37). The fraction of sp³-hybridized carbons (Fsp3) is 0.500. The lowest BCUT2D eigenvalue weighted by atomic mass is 9.80. The van der Waals surface area contributed by atoms with Crippen molar-refractivity contribution < 1.29 is 23.4 Å². The van der Waals surface area contributed by atoms with E-state index in [1.807, 2.05) is 45.2 Å². The number of nitrogens with zero attached hydrogens (tertiary/aromatic N) is 1. The zero-order valence-corrected chi connectivity index (χ0v) is 25.7. The van der Waals surface area contributed by atoms with Gasteiger partial charge >= 0.3 is 0 Å². The summed E-state index contributed by atoms with van der Waals surface area (Å²) in [6.45, 7) is 7.89. The predicted molar refractivity (Wildman–Crippen MR) is 161 cm³/mol. The quantitative estimate of drug-likeness (QED) is 0.340. The number of benzene rings is 1. The normalized spacial score (nSPS) is 24.0. The van der Waals surface area contributed by atoms with Crippen molar-refractivity contribution in [2.24, 2.45) is 5.92 Å². The third kappa shape index (κ3) is 5.24. The predicted octanol–water partition coefficient (Wildman–Crippen LogP) is 5.28. The third-order valence-electron chi connectivity index (χ3n) is 9.21. The van der Waals surface area contributed by atoms with Crippen LogP contribution in [-0.4, -0.2) is 60.2 Å². The van der Waals surface area contributed by atoms with E-state index in [0.29, 0.717) is 40.3 Å². The first-order chi connectivity index (χ1) is 20.2. The van der Waals surface area contributed by atoms with Crippen LogP contribution in [0.4, 0.5) is 0 Å². The maximum atomic E-state index is 13.6. The van der Waals surface area contributed by atoms with Crippen LogP contribution >= 0.6 is 11.8 Å². The largest absolute Gasteiger partial charge is 0.472 e. The Balaban J connectivity index is 1.24. The molecule has 42 heavy (non-hydrogen) atoms. The molecule has 3 aromatic rings. The molecule has 1 saturated carbocycles. The van der Waals surface area contributed by atoms with E-state index in [4.69, 9.17) is 18.6 Å². The van der Waals surface area contributed by atoms with Crippen molar-refractivity contribution in [3.8, 4) is 22.6 Å². The van der Waals surface area contributed by atoms with Gasteiger partial charge in [0.2, 0.25) is 0 Å². The number of ether oxygens (including phenoxy) is 3. The third-order valence-corrected chi connectivity index (χ3v) is 10.0. The van der Waals surface area contributed by atoms with E-state index in [2.05, 4.69) is 15.2 Å². The first-order valence-electron chi connectivity index (χ1n) is 14.6. The van der Waals surface area contributed by atoms with Crippen molar-refractivity contribution in [1.82, 2.24) is 15.2 Å². The zero-order valence-electron chi connectivity index (χ0n) is 24.9. The number of nitrogens with one attached hydrogen (secondary N) is 2. The Morgan fingerprint density at radius 2 is 1.90 bits per heavy atom. The average Bonchev–Trinajstić information content (AvgIpc) is 3.61. The number of amides is 1. The number of furan rings is 1. The lowest BCUT2D eigenvalue weighted by Gasteiger charge is -2.47. The van der Waals surface area contributed by atoms with Crippen LogP contribution in [0.25, 0.3) is 11.1 Å². The molecule has 2 N–H and O–H groups in total. The van der Waals surface area contributed by atoms with E-state index in [0.717, 1.165) is 60.5 Å². The van der Waals surface area contributed by atoms with Gasteiger partial charge in [-0.25, -0.2) is 0 Å². The van der Waals surface area contributed by atoms with Crippen molar-refractivity contribution >= 4 is 17.7 Å². The summed E-state index contributed by atoms with van der Waals surface area (Å²) in [7, 11) is 1.79. The van der Waals surface area contributed by atoms with Crippen molar-refractivity contribution in [3.63, 3.8) is 0 Å². The molecule has 0 radical (unpaired) electrons. The molecule has 2 aromatic heterocycles. The molecule has 4 heterocycles. The van der Waals surface area contributed by atoms with Crippen LogP contribution in [-0.2, 0) is 11.3 Å². The van der Waals surface area contributed by atoms with E-state index >= 15 is 0 Å².